The maximum Gasteiger partial charge on any atom is 0.321 e. The SMILES string of the molecule is CCNC(=O)Nc1nc2c(-c3ncccn3)cc(-c3cncc(OC(C)C)c3)cc2[nH]1. The van der Waals surface area contributed by atoms with Crippen LogP contribution in [0.3, 0.4) is 0 Å². The largest absolute Gasteiger partial charge is 0.489 e. The van der Waals surface area contributed by atoms with Crippen LogP contribution in [0.4, 0.5) is 10.7 Å². The molecule has 0 fully saturated rings. The first-order valence-corrected chi connectivity index (χ1v) is 10.0. The Morgan fingerprint density at radius 2 is 1.94 bits per heavy atom. The molecule has 31 heavy (non-hydrogen) atoms. The summed E-state index contributed by atoms with van der Waals surface area (Å²) >= 11 is 0. The van der Waals surface area contributed by atoms with Crippen molar-refractivity contribution in [1.82, 2.24) is 30.2 Å². The van der Waals surface area contributed by atoms with Gasteiger partial charge >= 0.3 is 6.03 Å². The lowest BCUT2D eigenvalue weighted by Crippen LogP contribution is -2.28. The van der Waals surface area contributed by atoms with Gasteiger partial charge in [0.15, 0.2) is 5.82 Å². The molecule has 3 heterocycles. The van der Waals surface area contributed by atoms with E-state index in [0.717, 1.165) is 22.2 Å². The normalized spacial score (nSPS) is 11.0. The molecule has 9 heteroatoms. The molecule has 0 aliphatic carbocycles. The third-order valence-electron chi connectivity index (χ3n) is 4.38. The average Bonchev–Trinajstić information content (AvgIpc) is 3.15. The summed E-state index contributed by atoms with van der Waals surface area (Å²) in [6.45, 7) is 6.30. The van der Waals surface area contributed by atoms with Gasteiger partial charge in [-0.05, 0) is 50.6 Å². The smallest absolute Gasteiger partial charge is 0.321 e. The van der Waals surface area contributed by atoms with E-state index in [0.29, 0.717) is 29.6 Å². The number of H-pyrrole nitrogens is 1. The number of carbonyl (C=O) groups is 1. The molecule has 4 rings (SSSR count). The van der Waals surface area contributed by atoms with E-state index in [1.807, 2.05) is 39.0 Å². The number of nitrogens with zero attached hydrogens (tertiary/aromatic N) is 4. The molecule has 0 saturated carbocycles. The second-order valence-electron chi connectivity index (χ2n) is 7.14. The molecular weight excluding hydrogens is 394 g/mol. The first-order valence-electron chi connectivity index (χ1n) is 10.0. The number of imidazole rings is 1. The van der Waals surface area contributed by atoms with Crippen LogP contribution in [0.25, 0.3) is 33.5 Å². The molecular formula is C22H23N7O2. The van der Waals surface area contributed by atoms with Crippen molar-refractivity contribution in [3.05, 3.63) is 49.1 Å². The van der Waals surface area contributed by atoms with Gasteiger partial charge in [-0.1, -0.05) is 0 Å². The fraction of sp³-hybridized carbons (Fsp3) is 0.227. The zero-order chi connectivity index (χ0) is 21.8. The molecule has 0 aliphatic heterocycles. The summed E-state index contributed by atoms with van der Waals surface area (Å²) in [5.41, 5.74) is 3.91. The number of nitrogens with one attached hydrogen (secondary N) is 3. The second kappa shape index (κ2) is 8.78. The van der Waals surface area contributed by atoms with Gasteiger partial charge in [0, 0.05) is 36.3 Å². The van der Waals surface area contributed by atoms with Crippen LogP contribution in [0.2, 0.25) is 0 Å². The van der Waals surface area contributed by atoms with Crippen molar-refractivity contribution in [2.24, 2.45) is 0 Å². The first-order chi connectivity index (χ1) is 15.0. The summed E-state index contributed by atoms with van der Waals surface area (Å²) in [6.07, 6.45) is 6.87. The molecule has 1 aromatic carbocycles. The minimum Gasteiger partial charge on any atom is -0.489 e. The van der Waals surface area contributed by atoms with Crippen molar-refractivity contribution in [3.63, 3.8) is 0 Å². The van der Waals surface area contributed by atoms with Crippen LogP contribution in [0.1, 0.15) is 20.8 Å². The Morgan fingerprint density at radius 3 is 2.68 bits per heavy atom. The van der Waals surface area contributed by atoms with Crippen molar-refractivity contribution in [3.8, 4) is 28.3 Å². The van der Waals surface area contributed by atoms with E-state index in [1.54, 1.807) is 30.9 Å². The van der Waals surface area contributed by atoms with Crippen LogP contribution >= 0.6 is 0 Å². The zero-order valence-electron chi connectivity index (χ0n) is 17.5. The number of carbonyl (C=O) groups excluding carboxylic acids is 1. The molecule has 0 saturated heterocycles. The summed E-state index contributed by atoms with van der Waals surface area (Å²) < 4.78 is 5.79. The number of ether oxygens (including phenoxy) is 1. The highest BCUT2D eigenvalue weighted by Gasteiger charge is 2.16. The molecule has 158 valence electrons. The Kier molecular flexibility index (Phi) is 5.74. The number of benzene rings is 1. The van der Waals surface area contributed by atoms with E-state index < -0.39 is 0 Å². The lowest BCUT2D eigenvalue weighted by molar-refractivity contribution is 0.241. The minimum atomic E-state index is -0.331. The standard InChI is InChI=1S/C22H23N7O2/c1-4-24-22(30)29-21-27-18-10-14(15-8-16(12-23-11-15)31-13(2)3)9-17(19(18)28-21)20-25-6-5-7-26-20/h5-13H,4H2,1-3H3,(H3,24,27,28,29,30). The van der Waals surface area contributed by atoms with E-state index >= 15 is 0 Å². The maximum absolute atomic E-state index is 11.9. The number of rotatable bonds is 6. The molecule has 9 nitrogen and oxygen atoms in total. The summed E-state index contributed by atoms with van der Waals surface area (Å²) in [7, 11) is 0. The number of hydrogen-bond donors (Lipinski definition) is 3. The topological polar surface area (TPSA) is 118 Å². The van der Waals surface area contributed by atoms with Crippen LogP contribution in [-0.4, -0.2) is 43.6 Å². The van der Waals surface area contributed by atoms with E-state index in [4.69, 9.17) is 4.74 Å². The van der Waals surface area contributed by atoms with Gasteiger partial charge < -0.3 is 15.0 Å². The number of hydrogen-bond acceptors (Lipinski definition) is 6. The van der Waals surface area contributed by atoms with E-state index in [9.17, 15) is 4.79 Å². The monoisotopic (exact) mass is 417 g/mol. The summed E-state index contributed by atoms with van der Waals surface area (Å²) in [5.74, 6) is 1.56. The predicted molar refractivity (Wildman–Crippen MR) is 119 cm³/mol. The number of aromatic amines is 1. The van der Waals surface area contributed by atoms with Gasteiger partial charge in [0.1, 0.15) is 11.3 Å². The van der Waals surface area contributed by atoms with Gasteiger partial charge in [-0.3, -0.25) is 10.3 Å². The molecule has 3 aromatic heterocycles. The van der Waals surface area contributed by atoms with Crippen LogP contribution in [0.15, 0.2) is 49.1 Å². The number of pyridine rings is 1. The Hall–Kier alpha value is -4.01. The Bertz CT molecular complexity index is 1210. The molecule has 0 unspecified atom stereocenters. The molecule has 0 atom stereocenters. The van der Waals surface area contributed by atoms with Crippen molar-refractivity contribution < 1.29 is 9.53 Å². The van der Waals surface area contributed by atoms with Crippen LogP contribution < -0.4 is 15.4 Å². The molecule has 2 amide bonds. The lowest BCUT2D eigenvalue weighted by atomic mass is 10.0. The maximum atomic E-state index is 11.9. The summed E-state index contributed by atoms with van der Waals surface area (Å²) in [5, 5.41) is 5.40. The third-order valence-corrected chi connectivity index (χ3v) is 4.38. The van der Waals surface area contributed by atoms with Crippen molar-refractivity contribution in [2.75, 3.05) is 11.9 Å². The molecule has 0 aliphatic rings. The zero-order valence-corrected chi connectivity index (χ0v) is 17.5. The van der Waals surface area contributed by atoms with Crippen LogP contribution in [0, 0.1) is 0 Å². The fourth-order valence-electron chi connectivity index (χ4n) is 3.18. The van der Waals surface area contributed by atoms with Crippen LogP contribution in [-0.2, 0) is 0 Å². The Balaban J connectivity index is 1.83. The number of urea groups is 1. The molecule has 0 bridgehead atoms. The second-order valence-corrected chi connectivity index (χ2v) is 7.14. The molecule has 4 aromatic rings. The summed E-state index contributed by atoms with van der Waals surface area (Å²) in [6, 6.07) is 7.28. The van der Waals surface area contributed by atoms with E-state index in [2.05, 4.69) is 35.6 Å². The highest BCUT2D eigenvalue weighted by molar-refractivity contribution is 5.97. The van der Waals surface area contributed by atoms with Gasteiger partial charge in [0.05, 0.1) is 17.8 Å². The fourth-order valence-corrected chi connectivity index (χ4v) is 3.18. The quantitative estimate of drug-likeness (QED) is 0.436. The van der Waals surface area contributed by atoms with Gasteiger partial charge in [-0.2, -0.15) is 0 Å². The highest BCUT2D eigenvalue weighted by atomic mass is 16.5. The minimum absolute atomic E-state index is 0.0447. The van der Waals surface area contributed by atoms with Crippen LogP contribution in [0.5, 0.6) is 5.75 Å². The van der Waals surface area contributed by atoms with Crippen molar-refractivity contribution >= 4 is 23.0 Å². The van der Waals surface area contributed by atoms with E-state index in [1.165, 1.54) is 0 Å². The number of anilines is 1. The first kappa shape index (κ1) is 20.3. The van der Waals surface area contributed by atoms with Gasteiger partial charge in [-0.25, -0.2) is 19.7 Å². The van der Waals surface area contributed by atoms with E-state index in [-0.39, 0.29) is 12.1 Å². The Labute approximate surface area is 179 Å². The average molecular weight is 417 g/mol. The molecule has 3 N–H and O–H groups in total. The third kappa shape index (κ3) is 4.61. The summed E-state index contributed by atoms with van der Waals surface area (Å²) in [4.78, 5) is 32.7. The Morgan fingerprint density at radius 1 is 1.13 bits per heavy atom. The molecule has 0 radical (unpaired) electrons. The number of amides is 2. The van der Waals surface area contributed by atoms with Gasteiger partial charge in [0.2, 0.25) is 5.95 Å². The highest BCUT2D eigenvalue weighted by Crippen LogP contribution is 2.33. The number of aromatic nitrogens is 5. The lowest BCUT2D eigenvalue weighted by Gasteiger charge is -2.11. The van der Waals surface area contributed by atoms with Crippen molar-refractivity contribution in [2.45, 2.75) is 26.9 Å². The van der Waals surface area contributed by atoms with Gasteiger partial charge in [0.25, 0.3) is 0 Å². The van der Waals surface area contributed by atoms with Crippen molar-refractivity contribution in [1.29, 1.82) is 0 Å². The van der Waals surface area contributed by atoms with Gasteiger partial charge in [-0.15, -0.1) is 0 Å². The predicted octanol–water partition coefficient (Wildman–Crippen LogP) is 4.01. The molecule has 0 spiro atoms. The number of fused-ring (bicyclic) bond motifs is 1.